The van der Waals surface area contributed by atoms with Crippen LogP contribution in [0, 0.1) is 16.0 Å². The van der Waals surface area contributed by atoms with E-state index in [1.165, 1.54) is 7.11 Å². The SMILES string of the molecule is COc1ccc(C2SC=C3Sc4nnc(CC(C)C)n4N32)cc1[N+](=O)[O-]. The van der Waals surface area contributed by atoms with Crippen molar-refractivity contribution in [2.45, 2.75) is 30.8 Å². The number of nitrogens with zero attached hydrogens (tertiary/aromatic N) is 5. The molecule has 2 aliphatic heterocycles. The highest BCUT2D eigenvalue weighted by Crippen LogP contribution is 2.51. The Morgan fingerprint density at radius 2 is 2.19 bits per heavy atom. The van der Waals surface area contributed by atoms with E-state index in [2.05, 4.69) is 34.5 Å². The summed E-state index contributed by atoms with van der Waals surface area (Å²) >= 11 is 3.19. The summed E-state index contributed by atoms with van der Waals surface area (Å²) in [6.07, 6.45) is 0.817. The highest BCUT2D eigenvalue weighted by Gasteiger charge is 2.40. The molecule has 136 valence electrons. The minimum atomic E-state index is -0.413. The molecule has 2 aromatic rings. The molecule has 0 radical (unpaired) electrons. The molecule has 0 spiro atoms. The first-order valence-corrected chi connectivity index (χ1v) is 9.85. The van der Waals surface area contributed by atoms with Crippen molar-refractivity contribution in [1.82, 2.24) is 14.9 Å². The van der Waals surface area contributed by atoms with E-state index < -0.39 is 4.92 Å². The number of thioether (sulfide) groups is 2. The Labute approximate surface area is 158 Å². The first kappa shape index (κ1) is 17.2. The van der Waals surface area contributed by atoms with E-state index in [1.807, 2.05) is 10.7 Å². The summed E-state index contributed by atoms with van der Waals surface area (Å²) in [5.41, 5.74) is 0.809. The van der Waals surface area contributed by atoms with Crippen LogP contribution in [0.1, 0.15) is 30.6 Å². The van der Waals surface area contributed by atoms with Gasteiger partial charge in [-0.3, -0.25) is 15.1 Å². The van der Waals surface area contributed by atoms with Gasteiger partial charge in [-0.15, -0.1) is 10.2 Å². The molecule has 0 bridgehead atoms. The first-order chi connectivity index (χ1) is 12.5. The van der Waals surface area contributed by atoms with Crippen molar-refractivity contribution in [2.24, 2.45) is 5.92 Å². The Kier molecular flexibility index (Phi) is 4.31. The number of rotatable bonds is 5. The van der Waals surface area contributed by atoms with Crippen LogP contribution in [0.5, 0.6) is 5.75 Å². The van der Waals surface area contributed by atoms with Gasteiger partial charge in [-0.05, 0) is 29.3 Å². The fourth-order valence-corrected chi connectivity index (χ4v) is 5.24. The summed E-state index contributed by atoms with van der Waals surface area (Å²) in [6.45, 7) is 4.28. The monoisotopic (exact) mass is 391 g/mol. The van der Waals surface area contributed by atoms with Gasteiger partial charge < -0.3 is 4.74 Å². The smallest absolute Gasteiger partial charge is 0.311 e. The molecule has 2 aliphatic rings. The van der Waals surface area contributed by atoms with Gasteiger partial charge in [0.25, 0.3) is 0 Å². The van der Waals surface area contributed by atoms with Gasteiger partial charge in [0.05, 0.1) is 12.0 Å². The molecule has 8 nitrogen and oxygen atoms in total. The number of aromatic nitrogens is 3. The second-order valence-electron chi connectivity index (χ2n) is 6.39. The van der Waals surface area contributed by atoms with Crippen LogP contribution in [-0.2, 0) is 6.42 Å². The first-order valence-electron chi connectivity index (χ1n) is 8.09. The van der Waals surface area contributed by atoms with E-state index in [1.54, 1.807) is 35.7 Å². The Hall–Kier alpha value is -2.20. The Balaban J connectivity index is 1.73. The lowest BCUT2D eigenvalue weighted by atomic mass is 10.1. The van der Waals surface area contributed by atoms with Gasteiger partial charge in [0.15, 0.2) is 11.6 Å². The molecule has 1 aromatic heterocycles. The van der Waals surface area contributed by atoms with E-state index in [-0.39, 0.29) is 16.8 Å². The lowest BCUT2D eigenvalue weighted by Crippen LogP contribution is -2.31. The molecular weight excluding hydrogens is 374 g/mol. The molecule has 0 aliphatic carbocycles. The minimum Gasteiger partial charge on any atom is -0.490 e. The van der Waals surface area contributed by atoms with E-state index in [4.69, 9.17) is 4.74 Å². The molecule has 0 amide bonds. The van der Waals surface area contributed by atoms with Gasteiger partial charge >= 0.3 is 5.69 Å². The summed E-state index contributed by atoms with van der Waals surface area (Å²) < 4.78 is 7.15. The van der Waals surface area contributed by atoms with E-state index in [0.29, 0.717) is 5.92 Å². The maximum Gasteiger partial charge on any atom is 0.311 e. The van der Waals surface area contributed by atoms with Crippen LogP contribution in [0.15, 0.2) is 33.8 Å². The Bertz CT molecular complexity index is 911. The molecule has 1 unspecified atom stereocenters. The number of ether oxygens (including phenoxy) is 1. The average Bonchev–Trinajstić information content (AvgIpc) is 3.26. The van der Waals surface area contributed by atoms with Crippen LogP contribution in [0.4, 0.5) is 5.69 Å². The zero-order valence-corrected chi connectivity index (χ0v) is 16.1. The van der Waals surface area contributed by atoms with Gasteiger partial charge in [0.1, 0.15) is 10.4 Å². The highest BCUT2D eigenvalue weighted by atomic mass is 32.2. The van der Waals surface area contributed by atoms with E-state index in [0.717, 1.165) is 28.0 Å². The number of benzene rings is 1. The summed E-state index contributed by atoms with van der Waals surface area (Å²) in [7, 11) is 1.44. The quantitative estimate of drug-likeness (QED) is 0.563. The van der Waals surface area contributed by atoms with Crippen molar-refractivity contribution in [3.05, 3.63) is 50.1 Å². The number of nitro benzene ring substituents is 1. The van der Waals surface area contributed by atoms with Crippen LogP contribution in [0.25, 0.3) is 0 Å². The molecule has 1 aromatic carbocycles. The maximum absolute atomic E-state index is 11.4. The van der Waals surface area contributed by atoms with Crippen molar-refractivity contribution >= 4 is 29.2 Å². The van der Waals surface area contributed by atoms with Gasteiger partial charge in [-0.1, -0.05) is 31.7 Å². The van der Waals surface area contributed by atoms with Crippen molar-refractivity contribution in [3.63, 3.8) is 0 Å². The third-order valence-corrected chi connectivity index (χ3v) is 6.30. The molecular formula is C16H17N5O3S2. The summed E-state index contributed by atoms with van der Waals surface area (Å²) in [5, 5.41) is 26.0. The molecule has 0 saturated carbocycles. The van der Waals surface area contributed by atoms with Crippen LogP contribution in [0.3, 0.4) is 0 Å². The zero-order chi connectivity index (χ0) is 18.4. The molecule has 26 heavy (non-hydrogen) atoms. The summed E-state index contributed by atoms with van der Waals surface area (Å²) in [6, 6.07) is 5.11. The van der Waals surface area contributed by atoms with Gasteiger partial charge in [0.2, 0.25) is 5.16 Å². The van der Waals surface area contributed by atoms with Crippen molar-refractivity contribution in [3.8, 4) is 5.75 Å². The predicted molar refractivity (Wildman–Crippen MR) is 101 cm³/mol. The van der Waals surface area contributed by atoms with Crippen LogP contribution in [0.2, 0.25) is 0 Å². The molecule has 1 atom stereocenters. The number of methoxy groups -OCH3 is 1. The van der Waals surface area contributed by atoms with Crippen molar-refractivity contribution < 1.29 is 9.66 Å². The number of hydrogen-bond acceptors (Lipinski definition) is 8. The van der Waals surface area contributed by atoms with E-state index in [9.17, 15) is 10.1 Å². The Morgan fingerprint density at radius 3 is 2.88 bits per heavy atom. The third-order valence-electron chi connectivity index (χ3n) is 4.11. The molecule has 10 heteroatoms. The molecule has 3 heterocycles. The zero-order valence-electron chi connectivity index (χ0n) is 14.4. The van der Waals surface area contributed by atoms with Gasteiger partial charge in [-0.25, -0.2) is 4.68 Å². The third kappa shape index (κ3) is 2.73. The molecule has 0 fully saturated rings. The van der Waals surface area contributed by atoms with Gasteiger partial charge in [0, 0.05) is 17.9 Å². The molecule has 4 rings (SSSR count). The van der Waals surface area contributed by atoms with Crippen LogP contribution < -0.4 is 9.75 Å². The fourth-order valence-electron chi connectivity index (χ4n) is 3.01. The minimum absolute atomic E-state index is 0.0303. The van der Waals surface area contributed by atoms with Crippen LogP contribution in [-0.4, -0.2) is 26.9 Å². The summed E-state index contributed by atoms with van der Waals surface area (Å²) in [4.78, 5) is 11.0. The number of nitro groups is 1. The van der Waals surface area contributed by atoms with Gasteiger partial charge in [-0.2, -0.15) is 0 Å². The molecule has 0 N–H and O–H groups in total. The van der Waals surface area contributed by atoms with Crippen LogP contribution >= 0.6 is 23.5 Å². The van der Waals surface area contributed by atoms with Crippen molar-refractivity contribution in [1.29, 1.82) is 0 Å². The lowest BCUT2D eigenvalue weighted by Gasteiger charge is -2.26. The Morgan fingerprint density at radius 1 is 1.38 bits per heavy atom. The highest BCUT2D eigenvalue weighted by molar-refractivity contribution is 8.07. The fraction of sp³-hybridized carbons (Fsp3) is 0.375. The topological polar surface area (TPSA) is 86.3 Å². The number of fused-ring (bicyclic) bond motifs is 3. The predicted octanol–water partition coefficient (Wildman–Crippen LogP) is 3.68. The summed E-state index contributed by atoms with van der Waals surface area (Å²) in [5.74, 6) is 1.62. The average molecular weight is 391 g/mol. The largest absolute Gasteiger partial charge is 0.490 e. The standard InChI is InChI=1S/C16H17N5O3S2/c1-9(2)6-13-17-18-16-19(13)20-14(26-16)8-25-15(20)10-4-5-12(24-3)11(7-10)21(22)23/h4-5,7-9,15H,6H2,1-3H3. The second-order valence-corrected chi connectivity index (χ2v) is 8.33. The lowest BCUT2D eigenvalue weighted by molar-refractivity contribution is -0.385. The van der Waals surface area contributed by atoms with Crippen molar-refractivity contribution in [2.75, 3.05) is 12.1 Å². The molecule has 0 saturated heterocycles. The van der Waals surface area contributed by atoms with E-state index >= 15 is 0 Å². The maximum atomic E-state index is 11.4. The second kappa shape index (κ2) is 6.51. The normalized spacial score (nSPS) is 18.1. The number of hydrogen-bond donors (Lipinski definition) is 0.